The highest BCUT2D eigenvalue weighted by Crippen LogP contribution is 2.51. The van der Waals surface area contributed by atoms with Gasteiger partial charge in [-0.15, -0.1) is 0 Å². The van der Waals surface area contributed by atoms with Crippen LogP contribution in [0.5, 0.6) is 0 Å². The lowest BCUT2D eigenvalue weighted by atomic mass is 9.66. The van der Waals surface area contributed by atoms with Crippen molar-refractivity contribution in [1.29, 1.82) is 0 Å². The largest absolute Gasteiger partial charge is 0.0616 e. The monoisotopic (exact) mass is 682 g/mol. The minimum atomic E-state index is 0.308. The summed E-state index contributed by atoms with van der Waals surface area (Å²) in [7, 11) is 0. The summed E-state index contributed by atoms with van der Waals surface area (Å²) in [5.41, 5.74) is 15.5. The molecule has 13 rings (SSSR count). The minimum absolute atomic E-state index is 0.308. The first-order valence-electron chi connectivity index (χ1n) is 19.4. The van der Waals surface area contributed by atoms with Gasteiger partial charge in [-0.1, -0.05) is 152 Å². The van der Waals surface area contributed by atoms with Crippen molar-refractivity contribution in [2.75, 3.05) is 0 Å². The maximum Gasteiger partial charge on any atom is 0.0349 e. The van der Waals surface area contributed by atoms with Gasteiger partial charge in [-0.05, 0) is 157 Å². The van der Waals surface area contributed by atoms with Crippen LogP contribution in [-0.4, -0.2) is 0 Å². The second-order valence-corrected chi connectivity index (χ2v) is 15.9. The molecule has 8 aromatic rings. The van der Waals surface area contributed by atoms with E-state index in [4.69, 9.17) is 0 Å². The van der Waals surface area contributed by atoms with E-state index in [0.29, 0.717) is 5.92 Å². The van der Waals surface area contributed by atoms with Gasteiger partial charge in [0.2, 0.25) is 0 Å². The summed E-state index contributed by atoms with van der Waals surface area (Å²) >= 11 is 0. The summed E-state index contributed by atoms with van der Waals surface area (Å²) in [6, 6.07) is 46.0. The van der Waals surface area contributed by atoms with E-state index in [1.165, 1.54) is 126 Å². The standard InChI is InChI=1S/C54H34/c1-2-7-45-31(4-1)16-20-49-47(45)22-23-48-46-19-17-34(24-35(46)18-21-50(48)49)42-25-38-12-14-40-29-44(30-41-15-13-39(26-42)53(38)54(40)41)43-27-36-10-8-32-5-3-6-33-9-11-37(28-43)52(36)51(32)33/h1-8,10,12-29,53H,9,11,30H2. The molecule has 0 N–H and O–H groups in total. The molecule has 0 spiro atoms. The van der Waals surface area contributed by atoms with E-state index in [1.807, 2.05) is 0 Å². The average molecular weight is 683 g/mol. The van der Waals surface area contributed by atoms with Crippen LogP contribution >= 0.6 is 0 Å². The molecule has 5 aliphatic rings. The summed E-state index contributed by atoms with van der Waals surface area (Å²) in [4.78, 5) is 0. The smallest absolute Gasteiger partial charge is 0.0349 e. The summed E-state index contributed by atoms with van der Waals surface area (Å²) in [6.07, 6.45) is 20.2. The van der Waals surface area contributed by atoms with Crippen LogP contribution in [0.25, 0.3) is 75.8 Å². The van der Waals surface area contributed by atoms with Crippen molar-refractivity contribution in [1.82, 2.24) is 0 Å². The molecule has 0 amide bonds. The fraction of sp³-hybridized carbons (Fsp3) is 0.0741. The van der Waals surface area contributed by atoms with Crippen molar-refractivity contribution < 1.29 is 0 Å². The molecular weight excluding hydrogens is 649 g/mol. The molecule has 0 nitrogen and oxygen atoms in total. The Hall–Kier alpha value is -6.50. The third kappa shape index (κ3) is 3.98. The summed E-state index contributed by atoms with van der Waals surface area (Å²) in [6.45, 7) is 0. The van der Waals surface area contributed by atoms with Crippen molar-refractivity contribution in [3.8, 4) is 0 Å². The first kappa shape index (κ1) is 29.0. The fourth-order valence-electron chi connectivity index (χ4n) is 10.6. The third-order valence-corrected chi connectivity index (χ3v) is 13.1. The number of fused-ring (bicyclic) bond motifs is 7. The molecule has 1 atom stereocenters. The van der Waals surface area contributed by atoms with Gasteiger partial charge in [-0.25, -0.2) is 0 Å². The third-order valence-electron chi connectivity index (χ3n) is 13.1. The van der Waals surface area contributed by atoms with Crippen LogP contribution in [0.1, 0.15) is 28.7 Å². The SMILES string of the molecule is C1=CC2=C3C(=CC=C4C=C(c5ccc6c(ccc7c6ccc6c8ccccc8ccc67)c5)C=C1C43)CC(c1cc3c4c(ccc5cccc(c54)CC3)c1)=C2. The molecule has 0 radical (unpaired) electrons. The van der Waals surface area contributed by atoms with Crippen LogP contribution in [0, 0.1) is 5.92 Å². The fourth-order valence-corrected chi connectivity index (χ4v) is 10.6. The number of aryl methyl sites for hydroxylation is 2. The molecule has 0 heteroatoms. The van der Waals surface area contributed by atoms with Crippen LogP contribution in [0.4, 0.5) is 0 Å². The van der Waals surface area contributed by atoms with E-state index in [9.17, 15) is 0 Å². The molecule has 0 saturated carbocycles. The highest BCUT2D eigenvalue weighted by molar-refractivity contribution is 6.22. The van der Waals surface area contributed by atoms with E-state index in [2.05, 4.69) is 164 Å². The van der Waals surface area contributed by atoms with Gasteiger partial charge >= 0.3 is 0 Å². The first-order chi connectivity index (χ1) is 26.7. The number of benzene rings is 8. The van der Waals surface area contributed by atoms with E-state index in [-0.39, 0.29) is 0 Å². The Morgan fingerprint density at radius 3 is 2.06 bits per heavy atom. The highest BCUT2D eigenvalue weighted by Gasteiger charge is 2.35. The number of hydrogen-bond donors (Lipinski definition) is 0. The van der Waals surface area contributed by atoms with Crippen LogP contribution in [0.2, 0.25) is 0 Å². The van der Waals surface area contributed by atoms with Crippen LogP contribution in [0.3, 0.4) is 0 Å². The molecule has 250 valence electrons. The van der Waals surface area contributed by atoms with Gasteiger partial charge in [-0.3, -0.25) is 0 Å². The number of rotatable bonds is 2. The molecule has 54 heavy (non-hydrogen) atoms. The van der Waals surface area contributed by atoms with Crippen LogP contribution in [0.15, 0.2) is 192 Å². The molecule has 8 aromatic carbocycles. The molecule has 0 fully saturated rings. The van der Waals surface area contributed by atoms with Gasteiger partial charge in [0.25, 0.3) is 0 Å². The Morgan fingerprint density at radius 1 is 0.426 bits per heavy atom. The van der Waals surface area contributed by atoms with Gasteiger partial charge in [0, 0.05) is 5.92 Å². The van der Waals surface area contributed by atoms with Crippen molar-refractivity contribution in [3.05, 3.63) is 214 Å². The summed E-state index contributed by atoms with van der Waals surface area (Å²) < 4.78 is 0. The maximum atomic E-state index is 2.50. The molecule has 1 unspecified atom stereocenters. The van der Waals surface area contributed by atoms with Crippen molar-refractivity contribution in [2.45, 2.75) is 19.3 Å². The lowest BCUT2D eigenvalue weighted by Crippen LogP contribution is -2.22. The molecule has 0 bridgehead atoms. The highest BCUT2D eigenvalue weighted by atomic mass is 14.4. The topological polar surface area (TPSA) is 0 Å². The summed E-state index contributed by atoms with van der Waals surface area (Å²) in [5.74, 6) is 0.308. The number of allylic oxidation sites excluding steroid dienone is 14. The van der Waals surface area contributed by atoms with Crippen LogP contribution in [-0.2, 0) is 12.8 Å². The molecule has 0 heterocycles. The van der Waals surface area contributed by atoms with Crippen molar-refractivity contribution in [3.63, 3.8) is 0 Å². The second-order valence-electron chi connectivity index (χ2n) is 15.9. The zero-order valence-corrected chi connectivity index (χ0v) is 29.8. The van der Waals surface area contributed by atoms with E-state index in [0.717, 1.165) is 19.3 Å². The van der Waals surface area contributed by atoms with E-state index >= 15 is 0 Å². The summed E-state index contributed by atoms with van der Waals surface area (Å²) in [5, 5.41) is 16.2. The van der Waals surface area contributed by atoms with Gasteiger partial charge < -0.3 is 0 Å². The van der Waals surface area contributed by atoms with E-state index in [1.54, 1.807) is 0 Å². The molecule has 0 saturated heterocycles. The van der Waals surface area contributed by atoms with Gasteiger partial charge in [0.05, 0.1) is 0 Å². The molecule has 0 aromatic heterocycles. The average Bonchev–Trinajstić information content (AvgIpc) is 3.23. The minimum Gasteiger partial charge on any atom is -0.0616 e. The first-order valence-corrected chi connectivity index (χ1v) is 19.4. The number of hydrogen-bond acceptors (Lipinski definition) is 0. The Bertz CT molecular complexity index is 3330. The van der Waals surface area contributed by atoms with Crippen molar-refractivity contribution in [2.24, 2.45) is 5.92 Å². The second kappa shape index (κ2) is 10.6. The zero-order chi connectivity index (χ0) is 35.1. The van der Waals surface area contributed by atoms with Crippen LogP contribution < -0.4 is 0 Å². The predicted octanol–water partition coefficient (Wildman–Crippen LogP) is 13.9. The maximum absolute atomic E-state index is 2.50. The van der Waals surface area contributed by atoms with E-state index < -0.39 is 0 Å². The lowest BCUT2D eigenvalue weighted by Gasteiger charge is -2.37. The van der Waals surface area contributed by atoms with Crippen molar-refractivity contribution >= 4 is 75.8 Å². The Labute approximate surface area is 313 Å². The van der Waals surface area contributed by atoms with Gasteiger partial charge in [-0.2, -0.15) is 0 Å². The molecular formula is C54H34. The molecule has 0 aliphatic heterocycles. The molecule has 5 aliphatic carbocycles. The Balaban J connectivity index is 0.865. The lowest BCUT2D eigenvalue weighted by molar-refractivity contribution is 0.836. The normalized spacial score (nSPS) is 18.4. The predicted molar refractivity (Wildman–Crippen MR) is 230 cm³/mol. The Kier molecular flexibility index (Phi) is 5.67. The quantitative estimate of drug-likeness (QED) is 0.159. The zero-order valence-electron chi connectivity index (χ0n) is 29.8. The Morgan fingerprint density at radius 2 is 1.13 bits per heavy atom. The van der Waals surface area contributed by atoms with Gasteiger partial charge in [0.15, 0.2) is 0 Å². The van der Waals surface area contributed by atoms with Gasteiger partial charge in [0.1, 0.15) is 0 Å².